The lowest BCUT2D eigenvalue weighted by atomic mass is 10.7. The number of hydrogen-bond acceptors (Lipinski definition) is 5. The predicted octanol–water partition coefficient (Wildman–Crippen LogP) is 0.222. The largest absolute Gasteiger partial charge is 0.480 e. The van der Waals surface area contributed by atoms with Crippen molar-refractivity contribution in [1.82, 2.24) is 4.98 Å². The highest BCUT2D eigenvalue weighted by molar-refractivity contribution is 7.14. The van der Waals surface area contributed by atoms with E-state index >= 15 is 0 Å². The van der Waals surface area contributed by atoms with E-state index in [4.69, 9.17) is 10.8 Å². The smallest absolute Gasteiger partial charge is 0.322 e. The van der Waals surface area contributed by atoms with Crippen molar-refractivity contribution in [3.05, 3.63) is 5.38 Å². The van der Waals surface area contributed by atoms with E-state index in [1.165, 1.54) is 11.3 Å². The van der Waals surface area contributed by atoms with Crippen LogP contribution < -0.4 is 11.1 Å². The monoisotopic (exact) mass is 173 g/mol. The fourth-order valence-electron chi connectivity index (χ4n) is 0.519. The van der Waals surface area contributed by atoms with Crippen LogP contribution in [0.15, 0.2) is 5.38 Å². The van der Waals surface area contributed by atoms with Crippen molar-refractivity contribution in [3.63, 3.8) is 0 Å². The number of carbonyl (C=O) groups is 1. The molecule has 0 spiro atoms. The molecule has 0 aliphatic carbocycles. The van der Waals surface area contributed by atoms with Crippen molar-refractivity contribution in [2.75, 3.05) is 17.6 Å². The number of carboxylic acid groups (broad SMARTS) is 1. The molecular formula is C5H7N3O2S. The normalized spacial score (nSPS) is 9.45. The molecular weight excluding hydrogens is 166 g/mol. The maximum atomic E-state index is 10.1. The molecule has 1 aromatic rings. The Morgan fingerprint density at radius 1 is 1.91 bits per heavy atom. The van der Waals surface area contributed by atoms with Gasteiger partial charge in [-0.3, -0.25) is 4.79 Å². The molecule has 0 fully saturated rings. The van der Waals surface area contributed by atoms with E-state index in [0.29, 0.717) is 10.9 Å². The molecule has 1 aromatic heterocycles. The van der Waals surface area contributed by atoms with Crippen molar-refractivity contribution in [2.24, 2.45) is 0 Å². The number of anilines is 2. The van der Waals surface area contributed by atoms with Crippen LogP contribution >= 0.6 is 11.3 Å². The average molecular weight is 173 g/mol. The van der Waals surface area contributed by atoms with Gasteiger partial charge in [0.2, 0.25) is 0 Å². The lowest BCUT2D eigenvalue weighted by Crippen LogP contribution is -2.11. The first kappa shape index (κ1) is 7.80. The number of nitrogens with one attached hydrogen (secondary N) is 1. The van der Waals surface area contributed by atoms with E-state index in [0.717, 1.165) is 0 Å². The van der Waals surface area contributed by atoms with Crippen molar-refractivity contribution < 1.29 is 9.90 Å². The van der Waals surface area contributed by atoms with E-state index in [-0.39, 0.29) is 6.54 Å². The molecule has 0 amide bonds. The van der Waals surface area contributed by atoms with E-state index in [2.05, 4.69) is 10.3 Å². The van der Waals surface area contributed by atoms with Gasteiger partial charge in [-0.2, -0.15) is 0 Å². The second-order valence-corrected chi connectivity index (χ2v) is 2.68. The molecule has 4 N–H and O–H groups in total. The number of aliphatic carboxylic acids is 1. The van der Waals surface area contributed by atoms with Gasteiger partial charge in [-0.15, -0.1) is 11.3 Å². The SMILES string of the molecule is Nc1csc(NCC(=O)O)n1. The van der Waals surface area contributed by atoms with Gasteiger partial charge in [0, 0.05) is 5.38 Å². The zero-order chi connectivity index (χ0) is 8.27. The Morgan fingerprint density at radius 2 is 2.64 bits per heavy atom. The van der Waals surface area contributed by atoms with Crippen LogP contribution in [0.25, 0.3) is 0 Å². The molecule has 0 aromatic carbocycles. The molecule has 0 saturated carbocycles. The lowest BCUT2D eigenvalue weighted by molar-refractivity contribution is -0.134. The molecule has 0 radical (unpaired) electrons. The summed E-state index contributed by atoms with van der Waals surface area (Å²) in [5, 5.41) is 13.0. The quantitative estimate of drug-likeness (QED) is 0.608. The summed E-state index contributed by atoms with van der Waals surface area (Å²) in [6.07, 6.45) is 0. The number of aromatic nitrogens is 1. The molecule has 60 valence electrons. The minimum atomic E-state index is -0.918. The number of carboxylic acids is 1. The van der Waals surface area contributed by atoms with Gasteiger partial charge in [-0.25, -0.2) is 4.98 Å². The molecule has 0 saturated heterocycles. The number of hydrogen-bond donors (Lipinski definition) is 3. The van der Waals surface area contributed by atoms with Crippen molar-refractivity contribution in [3.8, 4) is 0 Å². The zero-order valence-corrected chi connectivity index (χ0v) is 6.39. The fourth-order valence-corrected chi connectivity index (χ4v) is 1.12. The second-order valence-electron chi connectivity index (χ2n) is 1.82. The molecule has 6 heteroatoms. The Labute approximate surface area is 66.9 Å². The second kappa shape index (κ2) is 3.20. The number of nitrogens with two attached hydrogens (primary N) is 1. The first-order valence-electron chi connectivity index (χ1n) is 2.85. The number of nitrogen functional groups attached to an aromatic ring is 1. The first-order chi connectivity index (χ1) is 5.18. The summed E-state index contributed by atoms with van der Waals surface area (Å²) in [7, 11) is 0. The van der Waals surface area contributed by atoms with Crippen LogP contribution in [0.4, 0.5) is 10.9 Å². The average Bonchev–Trinajstić information content (AvgIpc) is 2.31. The van der Waals surface area contributed by atoms with E-state index in [1.807, 2.05) is 0 Å². The summed E-state index contributed by atoms with van der Waals surface area (Å²) in [6, 6.07) is 0. The summed E-state index contributed by atoms with van der Waals surface area (Å²) >= 11 is 1.28. The third-order valence-corrected chi connectivity index (χ3v) is 1.73. The van der Waals surface area contributed by atoms with Gasteiger partial charge in [0.15, 0.2) is 5.13 Å². The fraction of sp³-hybridized carbons (Fsp3) is 0.200. The molecule has 0 atom stereocenters. The highest BCUT2D eigenvalue weighted by atomic mass is 32.1. The Hall–Kier alpha value is -1.30. The van der Waals surface area contributed by atoms with Crippen LogP contribution in [0.5, 0.6) is 0 Å². The van der Waals surface area contributed by atoms with Crippen LogP contribution in [-0.4, -0.2) is 22.6 Å². The molecule has 1 rings (SSSR count). The minimum absolute atomic E-state index is 0.132. The van der Waals surface area contributed by atoms with Crippen LogP contribution in [0, 0.1) is 0 Å². The summed E-state index contributed by atoms with van der Waals surface area (Å²) in [6.45, 7) is -0.132. The molecule has 1 heterocycles. The number of rotatable bonds is 3. The van der Waals surface area contributed by atoms with Crippen LogP contribution in [0.2, 0.25) is 0 Å². The van der Waals surface area contributed by atoms with Crippen LogP contribution in [-0.2, 0) is 4.79 Å². The Bertz CT molecular complexity index is 260. The Morgan fingerprint density at radius 3 is 3.09 bits per heavy atom. The highest BCUT2D eigenvalue weighted by Crippen LogP contribution is 2.15. The Balaban J connectivity index is 2.45. The molecule has 0 aliphatic rings. The molecule has 11 heavy (non-hydrogen) atoms. The molecule has 0 aliphatic heterocycles. The van der Waals surface area contributed by atoms with E-state index in [1.54, 1.807) is 5.38 Å². The highest BCUT2D eigenvalue weighted by Gasteiger charge is 1.99. The van der Waals surface area contributed by atoms with Gasteiger partial charge in [0.25, 0.3) is 0 Å². The van der Waals surface area contributed by atoms with Crippen molar-refractivity contribution >= 4 is 28.3 Å². The third-order valence-electron chi connectivity index (χ3n) is 0.913. The summed E-state index contributed by atoms with van der Waals surface area (Å²) < 4.78 is 0. The van der Waals surface area contributed by atoms with Crippen LogP contribution in [0.3, 0.4) is 0 Å². The summed E-state index contributed by atoms with van der Waals surface area (Å²) in [4.78, 5) is 13.9. The van der Waals surface area contributed by atoms with E-state index < -0.39 is 5.97 Å². The molecule has 0 unspecified atom stereocenters. The summed E-state index contributed by atoms with van der Waals surface area (Å²) in [5.74, 6) is -0.512. The summed E-state index contributed by atoms with van der Waals surface area (Å²) in [5.41, 5.74) is 5.30. The van der Waals surface area contributed by atoms with Crippen LogP contribution in [0.1, 0.15) is 0 Å². The van der Waals surface area contributed by atoms with E-state index in [9.17, 15) is 4.79 Å². The first-order valence-corrected chi connectivity index (χ1v) is 3.73. The number of nitrogens with zero attached hydrogens (tertiary/aromatic N) is 1. The van der Waals surface area contributed by atoms with Gasteiger partial charge in [-0.05, 0) is 0 Å². The minimum Gasteiger partial charge on any atom is -0.480 e. The lowest BCUT2D eigenvalue weighted by Gasteiger charge is -1.94. The predicted molar refractivity (Wildman–Crippen MR) is 42.7 cm³/mol. The van der Waals surface area contributed by atoms with Crippen molar-refractivity contribution in [1.29, 1.82) is 0 Å². The Kier molecular flexibility index (Phi) is 2.27. The van der Waals surface area contributed by atoms with Gasteiger partial charge < -0.3 is 16.2 Å². The van der Waals surface area contributed by atoms with Crippen molar-refractivity contribution in [2.45, 2.75) is 0 Å². The maximum Gasteiger partial charge on any atom is 0.322 e. The zero-order valence-electron chi connectivity index (χ0n) is 5.57. The van der Waals surface area contributed by atoms with Gasteiger partial charge >= 0.3 is 5.97 Å². The standard InChI is InChI=1S/C5H7N3O2S/c6-3-2-11-5(8-3)7-1-4(9)10/h2H,1,6H2,(H,7,8)(H,9,10). The van der Waals surface area contributed by atoms with Gasteiger partial charge in [-0.1, -0.05) is 0 Å². The number of thiazole rings is 1. The van der Waals surface area contributed by atoms with Gasteiger partial charge in [0.05, 0.1) is 0 Å². The van der Waals surface area contributed by atoms with Gasteiger partial charge in [0.1, 0.15) is 12.4 Å². The molecule has 5 nitrogen and oxygen atoms in total. The third kappa shape index (κ3) is 2.42. The molecule has 0 bridgehead atoms. The topological polar surface area (TPSA) is 88.2 Å². The maximum absolute atomic E-state index is 10.1.